The summed E-state index contributed by atoms with van der Waals surface area (Å²) in [5.41, 5.74) is -0.290. The molecule has 0 atom stereocenters. The molecule has 28 heavy (non-hydrogen) atoms. The molecule has 2 aromatic carbocycles. The smallest absolute Gasteiger partial charge is 0.336 e. The maximum atomic E-state index is 13.2. The molecule has 7 nitrogen and oxygen atoms in total. The lowest BCUT2D eigenvalue weighted by molar-refractivity contribution is -0.121. The molecule has 146 valence electrons. The largest absolute Gasteiger partial charge is 0.495 e. The van der Waals surface area contributed by atoms with Gasteiger partial charge in [-0.1, -0.05) is 38.1 Å². The van der Waals surface area contributed by atoms with Crippen LogP contribution in [0, 0.1) is 5.92 Å². The van der Waals surface area contributed by atoms with Crippen molar-refractivity contribution >= 4 is 16.8 Å². The fourth-order valence-corrected chi connectivity index (χ4v) is 3.02. The van der Waals surface area contributed by atoms with Gasteiger partial charge in [-0.15, -0.1) is 0 Å². The van der Waals surface area contributed by atoms with E-state index in [9.17, 15) is 14.4 Å². The Morgan fingerprint density at radius 1 is 1.07 bits per heavy atom. The highest BCUT2D eigenvalue weighted by molar-refractivity contribution is 5.82. The number of nitrogens with zero attached hydrogens (tertiary/aromatic N) is 2. The van der Waals surface area contributed by atoms with Crippen molar-refractivity contribution in [3.8, 4) is 11.4 Å². The van der Waals surface area contributed by atoms with Crippen molar-refractivity contribution in [3.05, 3.63) is 69.4 Å². The topological polar surface area (TPSA) is 82.3 Å². The van der Waals surface area contributed by atoms with Crippen LogP contribution in [0.15, 0.2) is 58.1 Å². The Kier molecular flexibility index (Phi) is 5.63. The molecular weight excluding hydrogens is 358 g/mol. The predicted molar refractivity (Wildman–Crippen MR) is 108 cm³/mol. The minimum absolute atomic E-state index is 0.179. The molecule has 1 aromatic heterocycles. The molecule has 3 aromatic rings. The zero-order chi connectivity index (χ0) is 20.3. The summed E-state index contributed by atoms with van der Waals surface area (Å²) in [6.45, 7) is 4.31. The standard InChI is InChI=1S/C21H23N3O4/c1-14(2)12-22-19(25)13-23-16-9-5-4-8-15(16)20(26)24(21(23)27)17-10-6-7-11-18(17)28-3/h4-11,14H,12-13H2,1-3H3,(H,22,25). The van der Waals surface area contributed by atoms with Gasteiger partial charge in [-0.05, 0) is 30.2 Å². The molecule has 0 spiro atoms. The zero-order valence-electron chi connectivity index (χ0n) is 16.1. The van der Waals surface area contributed by atoms with Crippen LogP contribution < -0.4 is 21.3 Å². The molecule has 0 bridgehead atoms. The van der Waals surface area contributed by atoms with Gasteiger partial charge in [0.2, 0.25) is 5.91 Å². The number of fused-ring (bicyclic) bond motifs is 1. The quantitative estimate of drug-likeness (QED) is 0.707. The highest BCUT2D eigenvalue weighted by Crippen LogP contribution is 2.20. The number of hydrogen-bond donors (Lipinski definition) is 1. The monoisotopic (exact) mass is 381 g/mol. The van der Waals surface area contributed by atoms with Crippen molar-refractivity contribution in [1.82, 2.24) is 14.5 Å². The van der Waals surface area contributed by atoms with Gasteiger partial charge in [0.25, 0.3) is 5.56 Å². The van der Waals surface area contributed by atoms with Crippen LogP contribution in [0.25, 0.3) is 16.6 Å². The van der Waals surface area contributed by atoms with Gasteiger partial charge in [-0.2, -0.15) is 0 Å². The van der Waals surface area contributed by atoms with Crippen molar-refractivity contribution in [2.75, 3.05) is 13.7 Å². The molecule has 0 aliphatic heterocycles. The molecule has 1 N–H and O–H groups in total. The van der Waals surface area contributed by atoms with E-state index in [4.69, 9.17) is 4.74 Å². The van der Waals surface area contributed by atoms with Gasteiger partial charge in [0.05, 0.1) is 23.7 Å². The molecule has 7 heteroatoms. The first-order valence-corrected chi connectivity index (χ1v) is 9.08. The second kappa shape index (κ2) is 8.12. The second-order valence-electron chi connectivity index (χ2n) is 6.90. The van der Waals surface area contributed by atoms with E-state index in [1.54, 1.807) is 48.5 Å². The third-order valence-electron chi connectivity index (χ3n) is 4.39. The lowest BCUT2D eigenvalue weighted by atomic mass is 10.2. The maximum absolute atomic E-state index is 13.2. The number of carbonyl (C=O) groups excluding carboxylic acids is 1. The van der Waals surface area contributed by atoms with E-state index in [0.717, 1.165) is 4.57 Å². The first-order chi connectivity index (χ1) is 13.4. The molecule has 0 radical (unpaired) electrons. The van der Waals surface area contributed by atoms with Gasteiger partial charge in [0, 0.05) is 6.54 Å². The van der Waals surface area contributed by atoms with Crippen LogP contribution in [-0.4, -0.2) is 28.7 Å². The number of benzene rings is 2. The average Bonchev–Trinajstić information content (AvgIpc) is 2.70. The Morgan fingerprint density at radius 3 is 2.46 bits per heavy atom. The summed E-state index contributed by atoms with van der Waals surface area (Å²) >= 11 is 0. The van der Waals surface area contributed by atoms with E-state index in [2.05, 4.69) is 5.32 Å². The Balaban J connectivity index is 2.23. The fourth-order valence-electron chi connectivity index (χ4n) is 3.02. The highest BCUT2D eigenvalue weighted by atomic mass is 16.5. The number of nitrogens with one attached hydrogen (secondary N) is 1. The fraction of sp³-hybridized carbons (Fsp3) is 0.286. The highest BCUT2D eigenvalue weighted by Gasteiger charge is 2.18. The average molecular weight is 381 g/mol. The van der Waals surface area contributed by atoms with E-state index < -0.39 is 11.2 Å². The summed E-state index contributed by atoms with van der Waals surface area (Å²) in [5, 5.41) is 3.16. The third-order valence-corrected chi connectivity index (χ3v) is 4.39. The van der Waals surface area contributed by atoms with Crippen molar-refractivity contribution in [3.63, 3.8) is 0 Å². The van der Waals surface area contributed by atoms with Crippen LogP contribution in [0.1, 0.15) is 13.8 Å². The van der Waals surface area contributed by atoms with Gasteiger partial charge < -0.3 is 10.1 Å². The summed E-state index contributed by atoms with van der Waals surface area (Å²) in [6, 6.07) is 13.6. The SMILES string of the molecule is COc1ccccc1-n1c(=O)c2ccccc2n(CC(=O)NCC(C)C)c1=O. The Hall–Kier alpha value is -3.35. The van der Waals surface area contributed by atoms with Crippen LogP contribution in [0.2, 0.25) is 0 Å². The number of amides is 1. The van der Waals surface area contributed by atoms with E-state index in [0.29, 0.717) is 34.8 Å². The molecule has 1 amide bonds. The lowest BCUT2D eigenvalue weighted by Crippen LogP contribution is -2.42. The normalized spacial score (nSPS) is 11.0. The summed E-state index contributed by atoms with van der Waals surface area (Å²) < 4.78 is 7.69. The van der Waals surface area contributed by atoms with E-state index in [1.807, 2.05) is 13.8 Å². The Labute approximate surface area is 162 Å². The molecule has 0 saturated carbocycles. The first kappa shape index (κ1) is 19.4. The number of methoxy groups -OCH3 is 1. The number of hydrogen-bond acceptors (Lipinski definition) is 4. The first-order valence-electron chi connectivity index (χ1n) is 9.08. The third kappa shape index (κ3) is 3.69. The molecule has 1 heterocycles. The van der Waals surface area contributed by atoms with Crippen molar-refractivity contribution < 1.29 is 9.53 Å². The van der Waals surface area contributed by atoms with Crippen LogP contribution in [0.3, 0.4) is 0 Å². The molecule has 0 aliphatic rings. The van der Waals surface area contributed by atoms with E-state index >= 15 is 0 Å². The number of aromatic nitrogens is 2. The van der Waals surface area contributed by atoms with Gasteiger partial charge in [-0.25, -0.2) is 9.36 Å². The second-order valence-corrected chi connectivity index (χ2v) is 6.90. The minimum Gasteiger partial charge on any atom is -0.495 e. The minimum atomic E-state index is -0.590. The lowest BCUT2D eigenvalue weighted by Gasteiger charge is -2.16. The van der Waals surface area contributed by atoms with Crippen LogP contribution in [0.5, 0.6) is 5.75 Å². The van der Waals surface area contributed by atoms with E-state index in [-0.39, 0.29) is 12.5 Å². The molecule has 0 unspecified atom stereocenters. The number of para-hydroxylation sites is 3. The predicted octanol–water partition coefficient (Wildman–Crippen LogP) is 1.93. The van der Waals surface area contributed by atoms with Crippen LogP contribution in [0.4, 0.5) is 0 Å². The summed E-state index contributed by atoms with van der Waals surface area (Å²) in [5.74, 6) is 0.402. The summed E-state index contributed by atoms with van der Waals surface area (Å²) in [7, 11) is 1.48. The Bertz CT molecular complexity index is 1130. The van der Waals surface area contributed by atoms with Gasteiger partial charge in [0.1, 0.15) is 12.3 Å². The molecular formula is C21H23N3O4. The molecule has 0 fully saturated rings. The summed E-state index contributed by atoms with van der Waals surface area (Å²) in [6.07, 6.45) is 0. The van der Waals surface area contributed by atoms with Crippen molar-refractivity contribution in [1.29, 1.82) is 0 Å². The van der Waals surface area contributed by atoms with Gasteiger partial charge >= 0.3 is 5.69 Å². The van der Waals surface area contributed by atoms with Crippen LogP contribution >= 0.6 is 0 Å². The number of carbonyl (C=O) groups is 1. The molecule has 3 rings (SSSR count). The molecule has 0 aliphatic carbocycles. The maximum Gasteiger partial charge on any atom is 0.336 e. The van der Waals surface area contributed by atoms with Crippen molar-refractivity contribution in [2.45, 2.75) is 20.4 Å². The van der Waals surface area contributed by atoms with Crippen molar-refractivity contribution in [2.24, 2.45) is 5.92 Å². The Morgan fingerprint density at radius 2 is 1.75 bits per heavy atom. The number of ether oxygens (including phenoxy) is 1. The summed E-state index contributed by atoms with van der Waals surface area (Å²) in [4.78, 5) is 38.7. The van der Waals surface area contributed by atoms with Gasteiger partial charge in [-0.3, -0.25) is 14.2 Å². The van der Waals surface area contributed by atoms with Crippen LogP contribution in [-0.2, 0) is 11.3 Å². The molecule has 0 saturated heterocycles. The zero-order valence-corrected chi connectivity index (χ0v) is 16.1. The number of rotatable bonds is 6. The van der Waals surface area contributed by atoms with Gasteiger partial charge in [0.15, 0.2) is 0 Å². The van der Waals surface area contributed by atoms with E-state index in [1.165, 1.54) is 11.7 Å².